The van der Waals surface area contributed by atoms with Gasteiger partial charge in [-0.1, -0.05) is 91.0 Å². The van der Waals surface area contributed by atoms with Crippen LogP contribution in [0.25, 0.3) is 104 Å². The predicted octanol–water partition coefficient (Wildman–Crippen LogP) is 17.8. The van der Waals surface area contributed by atoms with E-state index in [1.54, 1.807) is 92.5 Å². The molecule has 0 aliphatic heterocycles. The van der Waals surface area contributed by atoms with Crippen LogP contribution in [0.5, 0.6) is 12.0 Å². The lowest BCUT2D eigenvalue weighted by Crippen LogP contribution is -2.28. The van der Waals surface area contributed by atoms with Crippen LogP contribution in [-0.2, 0) is 31.0 Å². The summed E-state index contributed by atoms with van der Waals surface area (Å²) < 4.78 is 38.7. The lowest BCUT2D eigenvalue weighted by molar-refractivity contribution is 0.112. The van der Waals surface area contributed by atoms with E-state index in [0.29, 0.717) is 91.7 Å². The van der Waals surface area contributed by atoms with E-state index in [2.05, 4.69) is 119 Å². The van der Waals surface area contributed by atoms with E-state index in [4.69, 9.17) is 50.5 Å². The highest BCUT2D eigenvalue weighted by Gasteiger charge is 2.19. The average molecular weight is 1640 g/mol. The van der Waals surface area contributed by atoms with Crippen molar-refractivity contribution in [3.05, 3.63) is 243 Å². The van der Waals surface area contributed by atoms with Gasteiger partial charge in [-0.25, -0.2) is 24.7 Å². The summed E-state index contributed by atoms with van der Waals surface area (Å²) in [5.41, 5.74) is 27.5. The Hall–Kier alpha value is -12.7. The third-order valence-corrected chi connectivity index (χ3v) is 25.0. The van der Waals surface area contributed by atoms with Gasteiger partial charge in [-0.3, -0.25) is 4.79 Å². The first-order valence-electron chi connectivity index (χ1n) is 35.9. The van der Waals surface area contributed by atoms with Gasteiger partial charge in [0.15, 0.2) is 17.5 Å². The van der Waals surface area contributed by atoms with Crippen molar-refractivity contribution >= 4 is 213 Å². The number of nitriles is 2. The van der Waals surface area contributed by atoms with Crippen LogP contribution < -0.4 is 46.7 Å². The Bertz CT molecular complexity index is 6400. The molecule has 17 aromatic rings. The Kier molecular flexibility index (Phi) is 25.3. The van der Waals surface area contributed by atoms with Crippen molar-refractivity contribution in [2.75, 3.05) is 86.8 Å². The maximum Gasteiger partial charge on any atom is 0.407 e. The van der Waals surface area contributed by atoms with Crippen molar-refractivity contribution in [2.24, 2.45) is 5.73 Å². The minimum atomic E-state index is -0.478. The second kappa shape index (κ2) is 36.8. The number of para-hydroxylation sites is 4. The van der Waals surface area contributed by atoms with Crippen molar-refractivity contribution in [1.29, 1.82) is 10.5 Å². The third-order valence-electron chi connectivity index (χ3n) is 18.0. The van der Waals surface area contributed by atoms with Gasteiger partial charge in [0.25, 0.3) is 0 Å². The molecule has 0 saturated heterocycles. The molecule has 10 aromatic heterocycles. The number of nitrogens with two attached hydrogens (primary N) is 3. The van der Waals surface area contributed by atoms with Crippen LogP contribution in [0.3, 0.4) is 0 Å². The molecule has 115 heavy (non-hydrogen) atoms. The van der Waals surface area contributed by atoms with E-state index in [1.165, 1.54) is 43.7 Å². The van der Waals surface area contributed by atoms with Gasteiger partial charge in [0, 0.05) is 131 Å². The zero-order valence-electron chi connectivity index (χ0n) is 62.1. The van der Waals surface area contributed by atoms with Crippen molar-refractivity contribution in [2.45, 2.75) is 26.3 Å². The first-order chi connectivity index (χ1) is 56.1. The molecule has 0 bridgehead atoms. The number of fused-ring (bicyclic) bond motifs is 11. The minimum absolute atomic E-state index is 0.130. The number of nitrogens with one attached hydrogen (secondary N) is 1. The number of hydrogen-bond donors (Lipinski definition) is 6. The number of aromatic nitrogens is 6. The summed E-state index contributed by atoms with van der Waals surface area (Å²) in [7, 11) is 5.92. The fraction of sp³-hybridized carbons (Fsp3) is 0.153. The number of rotatable bonds is 24. The van der Waals surface area contributed by atoms with Crippen LogP contribution in [0.1, 0.15) is 53.5 Å². The first kappa shape index (κ1) is 78.9. The molecule has 578 valence electrons. The fourth-order valence-electron chi connectivity index (χ4n) is 12.0. The summed E-state index contributed by atoms with van der Waals surface area (Å²) in [4.78, 5) is 56.9. The fourth-order valence-corrected chi connectivity index (χ4v) is 19.4. The molecule has 0 saturated carbocycles. The normalized spacial score (nSPS) is 11.4. The van der Waals surface area contributed by atoms with Gasteiger partial charge < -0.3 is 70.5 Å². The maximum atomic E-state index is 12.3. The topological polar surface area (TPSA) is 353 Å². The molecule has 17 rings (SSSR count). The smallest absolute Gasteiger partial charge is 0.407 e. The van der Waals surface area contributed by atoms with E-state index in [9.17, 15) is 20.1 Å². The summed E-state index contributed by atoms with van der Waals surface area (Å²) >= 11 is 10.00. The van der Waals surface area contributed by atoms with Crippen LogP contribution >= 0.6 is 68.0 Å². The summed E-state index contributed by atoms with van der Waals surface area (Å²) in [5.74, 6) is 1.41. The number of nitrogens with zero attached hydrogens (tertiary/aromatic N) is 11. The number of allylic oxidation sites excluding steroid dienone is 2. The number of anilines is 5. The molecule has 0 aliphatic carbocycles. The number of benzene rings is 7. The zero-order valence-corrected chi connectivity index (χ0v) is 67.0. The molecule has 0 unspecified atom stereocenters. The standard InChI is InChI=1S/C36H29N7O4S2.C23H17N3O2S2.C14H13NO2S2.C12H14N4O/c1-43(14-15-45-36(44)40-20-22-6-8-23(9-7-22)21-46-35-39-13-12-32(38)42-35)25-10-11-27-30(17-25)49-31-18-26(48-33(27)31)16-24(19-37)34-41-28-4-2-3-5-29(28)47-34;1-26(8-9-27)15-6-7-17-20(11-15)30-21-12-16(29-22(17)21)10-14(13-24)23-25-18-4-2-3-5-19(18)28-23;1-15(4-5-16)9-2-3-11-12(6-9)19-13-7-10(8-17)18-14(11)13;13-7-9-1-3-10(4-2-9)8-17-12-15-6-5-11(14)16-12/h2-13,16-18H,14-15,20-21H2,1H3,(H,40,44)(H2,38,39,42);2-7,10-12,27H,8-9H2,1H3;2-3,6-8,16H,4-5H2,1H3;1-6H,7-8,13H2,(H2,14,15,16)/b24-16-;14-10-;;. The molecule has 0 fully saturated rings. The van der Waals surface area contributed by atoms with E-state index in [1.807, 2.05) is 146 Å². The van der Waals surface area contributed by atoms with Crippen LogP contribution in [0.15, 0.2) is 203 Å². The number of amides is 1. The number of oxazole rings is 2. The number of hydrogen-bond acceptors (Lipinski definition) is 29. The number of likely N-dealkylation sites (N-methyl/N-ethyl adjacent to an activating group) is 3. The van der Waals surface area contributed by atoms with Crippen molar-refractivity contribution < 1.29 is 42.8 Å². The number of nitrogen functional groups attached to an aromatic ring is 2. The van der Waals surface area contributed by atoms with Gasteiger partial charge in [0.1, 0.15) is 65.8 Å². The first-order valence-corrected chi connectivity index (χ1v) is 40.8. The molecular weight excluding hydrogens is 1570 g/mol. The molecule has 24 nitrogen and oxygen atoms in total. The van der Waals surface area contributed by atoms with E-state index >= 15 is 0 Å². The minimum Gasteiger partial charge on any atom is -0.459 e. The molecule has 30 heteroatoms. The van der Waals surface area contributed by atoms with Gasteiger partial charge in [-0.2, -0.15) is 20.5 Å². The lowest BCUT2D eigenvalue weighted by Gasteiger charge is -2.19. The summed E-state index contributed by atoms with van der Waals surface area (Å²) in [6.45, 7) is 3.87. The largest absolute Gasteiger partial charge is 0.459 e. The Labute approximate surface area is 682 Å². The summed E-state index contributed by atoms with van der Waals surface area (Å²) in [6, 6.07) is 63.9. The Morgan fingerprint density at radius 2 is 0.913 bits per heavy atom. The van der Waals surface area contributed by atoms with Gasteiger partial charge in [-0.15, -0.1) is 68.0 Å². The number of carbonyl (C=O) groups excluding carboxylic acids is 2. The molecule has 0 spiro atoms. The highest BCUT2D eigenvalue weighted by atomic mass is 32.1. The number of ether oxygens (including phenoxy) is 3. The summed E-state index contributed by atoms with van der Waals surface area (Å²) in [5, 5.41) is 44.0. The number of aldehydes is 1. The Morgan fingerprint density at radius 3 is 1.32 bits per heavy atom. The molecule has 0 atom stereocenters. The highest BCUT2D eigenvalue weighted by molar-refractivity contribution is 7.34. The van der Waals surface area contributed by atoms with Gasteiger partial charge >= 0.3 is 18.1 Å². The second-order valence-electron chi connectivity index (χ2n) is 25.9. The molecule has 0 radical (unpaired) electrons. The SMILES string of the molecule is CN(CCO)c1ccc2c(c1)sc1cc(/C=C(/C#N)c3nc4ccccc4o3)sc12.CN(CCO)c1ccc2c(c1)sc1cc(C=O)sc12.CN(CCOC(=O)NCc1ccc(COc2nccc(N)n2)cc1)c1ccc2c(c1)sc1cc(/C=C(/C#N)c3nc4ccccc4o3)sc12.NCc1ccc(COc2nccc(N)n2)cc1. The Morgan fingerprint density at radius 1 is 0.504 bits per heavy atom. The quantitative estimate of drug-likeness (QED) is 0.0242. The molecular formula is C85H73N15O9S6. The van der Waals surface area contributed by atoms with Gasteiger partial charge in [0.05, 0.1) is 38.7 Å². The Balaban J connectivity index is 0.000000140. The van der Waals surface area contributed by atoms with Gasteiger partial charge in [-0.05, 0) is 125 Å². The van der Waals surface area contributed by atoms with E-state index in [-0.39, 0.29) is 31.8 Å². The monoisotopic (exact) mass is 1640 g/mol. The molecule has 0 aliphatic rings. The predicted molar refractivity (Wildman–Crippen MR) is 466 cm³/mol. The van der Waals surface area contributed by atoms with Crippen LogP contribution in [0, 0.1) is 22.7 Å². The van der Waals surface area contributed by atoms with Crippen molar-refractivity contribution in [1.82, 2.24) is 35.2 Å². The number of aliphatic hydroxyl groups excluding tert-OH is 2. The van der Waals surface area contributed by atoms with E-state index in [0.717, 1.165) is 86.1 Å². The van der Waals surface area contributed by atoms with Crippen molar-refractivity contribution in [3.63, 3.8) is 0 Å². The number of thiophene rings is 6. The molecule has 10 heterocycles. The molecule has 7 aromatic carbocycles. The van der Waals surface area contributed by atoms with Crippen LogP contribution in [0.2, 0.25) is 0 Å². The average Bonchev–Trinajstić information content (AvgIpc) is 1.63. The van der Waals surface area contributed by atoms with Crippen LogP contribution in [-0.4, -0.2) is 113 Å². The van der Waals surface area contributed by atoms with Gasteiger partial charge in [0.2, 0.25) is 11.8 Å². The summed E-state index contributed by atoms with van der Waals surface area (Å²) in [6.07, 6.45) is 7.22. The second-order valence-corrected chi connectivity index (χ2v) is 32.5. The number of aliphatic hydroxyl groups is 2. The zero-order chi connectivity index (χ0) is 79.9. The maximum absolute atomic E-state index is 12.3. The van der Waals surface area contributed by atoms with E-state index < -0.39 is 6.09 Å². The lowest BCUT2D eigenvalue weighted by atomic mass is 10.1. The van der Waals surface area contributed by atoms with Crippen molar-refractivity contribution in [3.8, 4) is 24.2 Å². The molecule has 9 N–H and O–H groups in total. The number of alkyl carbamates (subject to hydrolysis) is 1. The third kappa shape index (κ3) is 19.3. The number of carbonyl (C=O) groups is 2. The van der Waals surface area contributed by atoms with Crippen LogP contribution in [0.4, 0.5) is 33.5 Å². The molecule has 1 amide bonds. The highest BCUT2D eigenvalue weighted by Crippen LogP contribution is 2.45.